The molecule has 2 aliphatic rings. The van der Waals surface area contributed by atoms with E-state index in [0.29, 0.717) is 18.6 Å². The van der Waals surface area contributed by atoms with Crippen LogP contribution in [0.15, 0.2) is 91.0 Å². The Morgan fingerprint density at radius 3 is 0.916 bits per heavy atom. The molecule has 0 spiro atoms. The number of hydrogen-bond acceptors (Lipinski definition) is 19. The van der Waals surface area contributed by atoms with Crippen molar-refractivity contribution in [1.29, 1.82) is 0 Å². The van der Waals surface area contributed by atoms with Crippen LogP contribution < -0.4 is 34.1 Å². The van der Waals surface area contributed by atoms with Crippen molar-refractivity contribution in [3.05, 3.63) is 178 Å². The average Bonchev–Trinajstić information content (AvgIpc) is 1.22. The van der Waals surface area contributed by atoms with Crippen LogP contribution in [-0.2, 0) is 51.8 Å². The molecule has 107 heavy (non-hydrogen) atoms. The number of ether oxygens (including phenoxy) is 4. The van der Waals surface area contributed by atoms with Gasteiger partial charge in [-0.3, -0.25) is 19.2 Å². The number of phenolic OH excluding ortho intramolecular Hbond substituents is 1. The van der Waals surface area contributed by atoms with Gasteiger partial charge in [0.15, 0.2) is 5.75 Å². The average molecular weight is 1690 g/mol. The molecule has 0 aromatic heterocycles. The maximum absolute atomic E-state index is 14.1. The van der Waals surface area contributed by atoms with E-state index in [1.807, 2.05) is 0 Å². The molecule has 0 unspecified atom stereocenters. The summed E-state index contributed by atoms with van der Waals surface area (Å²) in [5, 5.41) is 8.30. The molecule has 6 atom stereocenters. The highest BCUT2D eigenvalue weighted by Gasteiger charge is 2.41. The maximum atomic E-state index is 14.1. The third-order valence-electron chi connectivity index (χ3n) is 13.3. The van der Waals surface area contributed by atoms with Crippen LogP contribution in [0.1, 0.15) is 107 Å². The minimum atomic E-state index is -4.66. The van der Waals surface area contributed by atoms with Crippen molar-refractivity contribution in [3.63, 3.8) is 0 Å². The molecule has 0 bridgehead atoms. The van der Waals surface area contributed by atoms with Gasteiger partial charge in [0.2, 0.25) is 98.8 Å². The summed E-state index contributed by atoms with van der Waals surface area (Å²) in [6.45, 7) is 12.6. The Morgan fingerprint density at radius 2 is 0.645 bits per heavy atom. The van der Waals surface area contributed by atoms with E-state index in [1.54, 1.807) is 84.0 Å². The minimum absolute atomic E-state index is 0. The summed E-state index contributed by atoms with van der Waals surface area (Å²) in [5.41, 5.74) is 10.5. The lowest BCUT2D eigenvalue weighted by Gasteiger charge is -2.23. The fourth-order valence-corrected chi connectivity index (χ4v) is 13.0. The zero-order valence-corrected chi connectivity index (χ0v) is 63.4. The monoisotopic (exact) mass is 1680 g/mol. The normalized spacial score (nSPS) is 14.7. The van der Waals surface area contributed by atoms with Crippen LogP contribution >= 0.6 is 68.6 Å². The first-order chi connectivity index (χ1) is 48.8. The second-order valence-electron chi connectivity index (χ2n) is 23.2. The molecule has 6 aromatic carbocycles. The highest BCUT2D eigenvalue weighted by atomic mass is 35.9. The van der Waals surface area contributed by atoms with E-state index >= 15 is 0 Å². The van der Waals surface area contributed by atoms with E-state index in [4.69, 9.17) is 76.1 Å². The van der Waals surface area contributed by atoms with Crippen LogP contribution in [-0.4, -0.2) is 77.8 Å². The summed E-state index contributed by atoms with van der Waals surface area (Å²) in [7, 11) is -9.33. The quantitative estimate of drug-likeness (QED) is 0.0142. The van der Waals surface area contributed by atoms with Gasteiger partial charge in [0.25, 0.3) is 0 Å². The van der Waals surface area contributed by atoms with E-state index in [0.717, 1.165) is 25.7 Å². The Bertz CT molecular complexity index is 3870. The second-order valence-corrected chi connectivity index (χ2v) is 31.3. The summed E-state index contributed by atoms with van der Waals surface area (Å²) in [5.74, 6) is -43.7. The first-order valence-electron chi connectivity index (χ1n) is 31.2. The number of hydrogen-bond donors (Lipinski definition) is 3. The molecule has 5 N–H and O–H groups in total. The molecule has 0 saturated heterocycles. The molecule has 0 amide bonds. The third kappa shape index (κ3) is 32.1. The van der Waals surface area contributed by atoms with Gasteiger partial charge in [-0.05, 0) is 129 Å². The molecular formula is C66H74Cl4F15N2O17P3. The van der Waals surface area contributed by atoms with Crippen LogP contribution in [0.5, 0.6) is 34.5 Å². The van der Waals surface area contributed by atoms with Gasteiger partial charge in [0.1, 0.15) is 41.5 Å². The van der Waals surface area contributed by atoms with Gasteiger partial charge in [-0.2, -0.15) is 26.3 Å². The summed E-state index contributed by atoms with van der Waals surface area (Å²) < 4.78 is 280. The summed E-state index contributed by atoms with van der Waals surface area (Å²) >= 11 is 10.3. The number of halogens is 19. The summed E-state index contributed by atoms with van der Waals surface area (Å²) in [4.78, 5) is 46.0. The highest BCUT2D eigenvalue weighted by molar-refractivity contribution is 8.05. The maximum Gasteiger partial charge on any atom is 0.431 e. The first-order valence-corrected chi connectivity index (χ1v) is 38.1. The van der Waals surface area contributed by atoms with Crippen molar-refractivity contribution in [2.24, 2.45) is 23.3 Å². The fraction of sp³-hybridized carbons (Fsp3) is 0.394. The molecule has 8 rings (SSSR count). The molecule has 598 valence electrons. The van der Waals surface area contributed by atoms with Crippen LogP contribution in [0.25, 0.3) is 0 Å². The lowest BCUT2D eigenvalue weighted by atomic mass is 10.2. The Hall–Kier alpha value is -7.28. The number of esters is 4. The van der Waals surface area contributed by atoms with Crippen LogP contribution in [0.3, 0.4) is 0 Å². The molecule has 6 aromatic rings. The van der Waals surface area contributed by atoms with Crippen molar-refractivity contribution >= 4 is 92.4 Å². The van der Waals surface area contributed by atoms with Crippen molar-refractivity contribution in [3.8, 4) is 34.5 Å². The van der Waals surface area contributed by atoms with Crippen LogP contribution in [0.2, 0.25) is 0 Å². The van der Waals surface area contributed by atoms with Gasteiger partial charge in [0, 0.05) is 22.5 Å². The molecule has 0 heterocycles. The van der Waals surface area contributed by atoms with E-state index in [1.165, 1.54) is 75.2 Å². The number of carbonyl (C=O) groups excluding carboxylic acids is 4. The first kappa shape index (κ1) is 97.7. The summed E-state index contributed by atoms with van der Waals surface area (Å²) in [6.07, 6.45) is 1.87. The highest BCUT2D eigenvalue weighted by Crippen LogP contribution is 2.57. The zero-order valence-electron chi connectivity index (χ0n) is 57.6. The van der Waals surface area contributed by atoms with Gasteiger partial charge < -0.3 is 58.1 Å². The fourth-order valence-electron chi connectivity index (χ4n) is 8.35. The Kier molecular flexibility index (Phi) is 41.7. The molecule has 2 aliphatic carbocycles. The molecule has 2 fully saturated rings. The number of para-hydroxylation sites is 3. The number of benzene rings is 6. The standard InChI is InChI=1S/C21H20F5O5P.C19H18F5O5P.C8H15NO2.C6H5Cl2O2P.C6HF5O.C6H13NO2.2ClH/c1-12(21(27)29-13-7-5-6-8-13)11-32(28,30-14-9-3-2-4-10-14)31-20-18(25)16(23)15(22)17(24)19(20)26;1-10(2)27-19(25)11(3)9-30(26,28-12-7-5-4-6-8-12)29-18-16(23)14(21)13(20)15(22)17(18)24;1-6(9)8(10)11-7-4-2-3-5-7;7-11(8,9)10-6-4-2-1-3-5-6;7-1-2(8)4(10)6(12)5(11)3(1)9;1-4(2)9-6(8)5(3)7;;/h2-4,9-10,12-13H,5-8,11H2,1H3;4-8,10-11H,9H2,1-3H3;6-7H,2-5,9H2,1H3;1-5H;12H;4-5H,7H2,1-3H3;2*1H/t12-,32+;11-,30+;6-;;;5-;;/m110..0../s1. The van der Waals surface area contributed by atoms with Crippen LogP contribution in [0, 0.1) is 99.1 Å². The second kappa shape index (κ2) is 45.6. The van der Waals surface area contributed by atoms with Crippen molar-refractivity contribution in [1.82, 2.24) is 0 Å². The Morgan fingerprint density at radius 1 is 0.393 bits per heavy atom. The van der Waals surface area contributed by atoms with Gasteiger partial charge in [-0.1, -0.05) is 68.4 Å². The number of nitrogens with two attached hydrogens (primary N) is 2. The number of phenols is 1. The lowest BCUT2D eigenvalue weighted by Crippen LogP contribution is -2.31. The molecule has 0 aliphatic heterocycles. The largest absolute Gasteiger partial charge is 0.503 e. The van der Waals surface area contributed by atoms with Gasteiger partial charge in [0.05, 0.1) is 36.4 Å². The smallest absolute Gasteiger partial charge is 0.431 e. The minimum Gasteiger partial charge on any atom is -0.503 e. The van der Waals surface area contributed by atoms with Crippen LogP contribution in [0.4, 0.5) is 65.9 Å². The van der Waals surface area contributed by atoms with Gasteiger partial charge in [-0.25, -0.2) is 53.2 Å². The van der Waals surface area contributed by atoms with E-state index in [-0.39, 0.29) is 66.6 Å². The predicted octanol–water partition coefficient (Wildman–Crippen LogP) is 19.5. The van der Waals surface area contributed by atoms with Crippen molar-refractivity contribution < 1.29 is 145 Å². The number of carbonyl (C=O) groups is 4. The molecule has 2 saturated carbocycles. The van der Waals surface area contributed by atoms with E-state index < -0.39 is 180 Å². The summed E-state index contributed by atoms with van der Waals surface area (Å²) in [6, 6.07) is 22.0. The van der Waals surface area contributed by atoms with Gasteiger partial charge >= 0.3 is 45.1 Å². The van der Waals surface area contributed by atoms with E-state index in [9.17, 15) is 98.7 Å². The number of aromatic hydroxyl groups is 1. The Balaban J connectivity index is 0.000000692. The lowest BCUT2D eigenvalue weighted by molar-refractivity contribution is -0.153. The molecule has 19 nitrogen and oxygen atoms in total. The van der Waals surface area contributed by atoms with E-state index in [2.05, 4.69) is 4.52 Å². The Labute approximate surface area is 626 Å². The van der Waals surface area contributed by atoms with Gasteiger partial charge in [-0.15, -0.1) is 24.8 Å². The number of rotatable bonds is 22. The third-order valence-corrected chi connectivity index (χ3v) is 18.1. The SMILES string of the molecule is CC(C)OC(=O)[C@H](C)C[P@](=O)(Oc1ccccc1)Oc1c(F)c(F)c(F)c(F)c1F.CC(C)OC(=O)[C@H](C)N.C[C@H](C[P@](=O)(Oc1ccccc1)Oc1c(F)c(F)c(F)c(F)c1F)C(=O)OC1CCCC1.C[C@H](N)C(=O)OC1CCCC1.Cl.Cl.O=P(Cl)(Cl)Oc1ccccc1.Oc1c(F)c(F)c(F)c(F)c1F. The van der Waals surface area contributed by atoms with Crippen molar-refractivity contribution in [2.45, 2.75) is 143 Å². The molecular weight excluding hydrogens is 1610 g/mol. The zero-order chi connectivity index (χ0) is 79.6. The predicted molar refractivity (Wildman–Crippen MR) is 366 cm³/mol. The van der Waals surface area contributed by atoms with Crippen molar-refractivity contribution in [2.75, 3.05) is 12.3 Å². The molecule has 41 heteroatoms. The topological polar surface area (TPSA) is 275 Å². The molecule has 0 radical (unpaired) electrons.